The van der Waals surface area contributed by atoms with Gasteiger partial charge in [0.05, 0.1) is 23.8 Å². The van der Waals surface area contributed by atoms with Crippen LogP contribution in [0.1, 0.15) is 56.0 Å². The predicted molar refractivity (Wildman–Crippen MR) is 133 cm³/mol. The molecule has 3 heterocycles. The Balaban J connectivity index is 1.49. The zero-order valence-electron chi connectivity index (χ0n) is 21.0. The number of amides is 2. The minimum Gasteiger partial charge on any atom is -0.391 e. The Morgan fingerprint density at radius 3 is 2.56 bits per heavy atom. The number of hydrogen-bond acceptors (Lipinski definition) is 8. The zero-order chi connectivity index (χ0) is 25.8. The first-order valence-corrected chi connectivity index (χ1v) is 12.5. The summed E-state index contributed by atoms with van der Waals surface area (Å²) in [5, 5.41) is 29.9. The minimum atomic E-state index is -0.787. The summed E-state index contributed by atoms with van der Waals surface area (Å²) in [6.45, 7) is 9.14. The van der Waals surface area contributed by atoms with Crippen molar-refractivity contribution in [1.82, 2.24) is 20.7 Å². The van der Waals surface area contributed by atoms with Gasteiger partial charge in [-0.25, -0.2) is 0 Å². The van der Waals surface area contributed by atoms with Gasteiger partial charge in [-0.3, -0.25) is 9.59 Å². The third-order valence-electron chi connectivity index (χ3n) is 6.96. The standard InChI is InChI=1S/C26H34N6O4/c1-16(2)24(22-13-23(30-36-22)31-10-8-28-9-11-31)26(35)32-15-20(33)12-21(32)25(34)29-17(3)19-6-4-18(14-27)5-7-19/h4-7,13,16-17,20-21,24,28,33H,8-12,15H2,1-3H3,(H,29,34)/t17-,20+,21-,24-/m0/s1. The van der Waals surface area contributed by atoms with E-state index in [9.17, 15) is 14.7 Å². The van der Waals surface area contributed by atoms with Crippen molar-refractivity contribution in [3.05, 3.63) is 47.2 Å². The van der Waals surface area contributed by atoms with E-state index in [1.54, 1.807) is 24.3 Å². The quantitative estimate of drug-likeness (QED) is 0.528. The van der Waals surface area contributed by atoms with Gasteiger partial charge in [0.15, 0.2) is 11.6 Å². The normalized spacial score (nSPS) is 21.8. The molecule has 0 saturated carbocycles. The molecular weight excluding hydrogens is 460 g/mol. The van der Waals surface area contributed by atoms with E-state index in [0.29, 0.717) is 17.1 Å². The first kappa shape index (κ1) is 25.7. The Labute approximate surface area is 211 Å². The van der Waals surface area contributed by atoms with Gasteiger partial charge >= 0.3 is 0 Å². The molecule has 0 bridgehead atoms. The summed E-state index contributed by atoms with van der Waals surface area (Å²) < 4.78 is 5.64. The molecule has 0 unspecified atom stereocenters. The number of nitrogens with one attached hydrogen (secondary N) is 2. The van der Waals surface area contributed by atoms with Crippen LogP contribution in [0.25, 0.3) is 0 Å². The number of hydrogen-bond donors (Lipinski definition) is 3. The van der Waals surface area contributed by atoms with Crippen LogP contribution in [-0.2, 0) is 9.59 Å². The van der Waals surface area contributed by atoms with Gasteiger partial charge in [0, 0.05) is 45.2 Å². The highest BCUT2D eigenvalue weighted by molar-refractivity contribution is 5.91. The lowest BCUT2D eigenvalue weighted by molar-refractivity contribution is -0.141. The third-order valence-corrected chi connectivity index (χ3v) is 6.96. The molecule has 1 aromatic carbocycles. The van der Waals surface area contributed by atoms with Crippen molar-refractivity contribution in [2.75, 3.05) is 37.6 Å². The van der Waals surface area contributed by atoms with Crippen molar-refractivity contribution in [2.45, 2.75) is 51.3 Å². The first-order chi connectivity index (χ1) is 17.3. The summed E-state index contributed by atoms with van der Waals surface area (Å²) in [6, 6.07) is 9.78. The maximum absolute atomic E-state index is 13.8. The molecule has 0 radical (unpaired) electrons. The van der Waals surface area contributed by atoms with Gasteiger partial charge in [-0.2, -0.15) is 5.26 Å². The van der Waals surface area contributed by atoms with Crippen LogP contribution in [-0.4, -0.2) is 71.8 Å². The van der Waals surface area contributed by atoms with Gasteiger partial charge in [-0.15, -0.1) is 0 Å². The Kier molecular flexibility index (Phi) is 7.91. The fourth-order valence-electron chi connectivity index (χ4n) is 4.93. The van der Waals surface area contributed by atoms with E-state index < -0.39 is 18.1 Å². The molecule has 1 aromatic heterocycles. The van der Waals surface area contributed by atoms with E-state index in [-0.39, 0.29) is 36.7 Å². The van der Waals surface area contributed by atoms with Crippen LogP contribution in [0.5, 0.6) is 0 Å². The maximum atomic E-state index is 13.8. The predicted octanol–water partition coefficient (Wildman–Crippen LogP) is 1.53. The van der Waals surface area contributed by atoms with Crippen LogP contribution in [0.15, 0.2) is 34.9 Å². The molecule has 4 atom stereocenters. The van der Waals surface area contributed by atoms with E-state index in [2.05, 4.69) is 26.8 Å². The second-order valence-corrected chi connectivity index (χ2v) is 9.91. The second-order valence-electron chi connectivity index (χ2n) is 9.91. The molecule has 2 saturated heterocycles. The highest BCUT2D eigenvalue weighted by Gasteiger charge is 2.43. The number of rotatable bonds is 7. The zero-order valence-corrected chi connectivity index (χ0v) is 21.0. The fraction of sp³-hybridized carbons (Fsp3) is 0.538. The van der Waals surface area contributed by atoms with Crippen LogP contribution in [0.2, 0.25) is 0 Å². The smallest absolute Gasteiger partial charge is 0.243 e. The highest BCUT2D eigenvalue weighted by atomic mass is 16.5. The summed E-state index contributed by atoms with van der Waals surface area (Å²) >= 11 is 0. The van der Waals surface area contributed by atoms with Crippen molar-refractivity contribution in [3.63, 3.8) is 0 Å². The average Bonchev–Trinajstić information content (AvgIpc) is 3.51. The van der Waals surface area contributed by atoms with Crippen molar-refractivity contribution < 1.29 is 19.2 Å². The van der Waals surface area contributed by atoms with Gasteiger partial charge in [-0.1, -0.05) is 31.1 Å². The number of benzene rings is 1. The Hall–Kier alpha value is -3.42. The lowest BCUT2D eigenvalue weighted by Crippen LogP contribution is -2.48. The van der Waals surface area contributed by atoms with Crippen molar-refractivity contribution in [1.29, 1.82) is 5.26 Å². The molecule has 2 aliphatic rings. The van der Waals surface area contributed by atoms with Crippen molar-refractivity contribution in [3.8, 4) is 6.07 Å². The molecule has 4 rings (SSSR count). The number of carbonyl (C=O) groups is 2. The number of aliphatic hydroxyl groups excluding tert-OH is 1. The number of nitrogens with zero attached hydrogens (tertiary/aromatic N) is 4. The molecule has 10 nitrogen and oxygen atoms in total. The van der Waals surface area contributed by atoms with Crippen LogP contribution >= 0.6 is 0 Å². The summed E-state index contributed by atoms with van der Waals surface area (Å²) in [5.41, 5.74) is 1.39. The molecule has 2 aromatic rings. The van der Waals surface area contributed by atoms with Crippen LogP contribution < -0.4 is 15.5 Å². The van der Waals surface area contributed by atoms with Crippen LogP contribution in [0, 0.1) is 17.2 Å². The third kappa shape index (κ3) is 5.53. The van der Waals surface area contributed by atoms with Crippen molar-refractivity contribution in [2.24, 2.45) is 5.92 Å². The molecule has 36 heavy (non-hydrogen) atoms. The molecule has 10 heteroatoms. The molecule has 2 amide bonds. The highest BCUT2D eigenvalue weighted by Crippen LogP contribution is 2.33. The van der Waals surface area contributed by atoms with E-state index in [4.69, 9.17) is 9.78 Å². The molecule has 3 N–H and O–H groups in total. The lowest BCUT2D eigenvalue weighted by Gasteiger charge is -2.29. The Morgan fingerprint density at radius 1 is 1.22 bits per heavy atom. The molecule has 192 valence electrons. The monoisotopic (exact) mass is 494 g/mol. The van der Waals surface area contributed by atoms with Crippen molar-refractivity contribution >= 4 is 17.6 Å². The average molecular weight is 495 g/mol. The summed E-state index contributed by atoms with van der Waals surface area (Å²) in [4.78, 5) is 30.6. The fourth-order valence-corrected chi connectivity index (χ4v) is 4.93. The largest absolute Gasteiger partial charge is 0.391 e. The van der Waals surface area contributed by atoms with Gasteiger partial charge < -0.3 is 30.1 Å². The molecule has 0 spiro atoms. The number of piperazine rings is 1. The van der Waals surface area contributed by atoms with Crippen LogP contribution in [0.3, 0.4) is 0 Å². The van der Waals surface area contributed by atoms with Gasteiger partial charge in [0.25, 0.3) is 0 Å². The van der Waals surface area contributed by atoms with E-state index >= 15 is 0 Å². The number of anilines is 1. The summed E-state index contributed by atoms with van der Waals surface area (Å²) in [5.74, 6) is -0.118. The first-order valence-electron chi connectivity index (χ1n) is 12.5. The number of aromatic nitrogens is 1. The molecule has 0 aliphatic carbocycles. The number of β-amino-alcohol motifs (C(OH)–C–C–N with tert-alkyl or cyclic N) is 1. The van der Waals surface area contributed by atoms with Gasteiger partial charge in [0.2, 0.25) is 11.8 Å². The van der Waals surface area contributed by atoms with E-state index in [1.165, 1.54) is 4.90 Å². The lowest BCUT2D eigenvalue weighted by atomic mass is 9.91. The minimum absolute atomic E-state index is 0.0875. The Bertz CT molecular complexity index is 1100. The molecular formula is C26H34N6O4. The van der Waals surface area contributed by atoms with Gasteiger partial charge in [-0.05, 0) is 30.5 Å². The van der Waals surface area contributed by atoms with Gasteiger partial charge in [0.1, 0.15) is 12.0 Å². The second kappa shape index (κ2) is 11.1. The van der Waals surface area contributed by atoms with Crippen LogP contribution in [0.4, 0.5) is 5.82 Å². The van der Waals surface area contributed by atoms with E-state index in [1.807, 2.05) is 26.8 Å². The number of carbonyl (C=O) groups excluding carboxylic acids is 2. The summed E-state index contributed by atoms with van der Waals surface area (Å²) in [6.07, 6.45) is -0.612. The number of aliphatic hydroxyl groups is 1. The SMILES string of the molecule is CC(C)[C@H](C(=O)N1C[C@H](O)C[C@H]1C(=O)N[C@@H](C)c1ccc(C#N)cc1)c1cc(N2CCNCC2)no1. The number of nitriles is 1. The Morgan fingerprint density at radius 2 is 1.92 bits per heavy atom. The summed E-state index contributed by atoms with van der Waals surface area (Å²) in [7, 11) is 0. The molecule has 2 aliphatic heterocycles. The maximum Gasteiger partial charge on any atom is 0.243 e. The van der Waals surface area contributed by atoms with E-state index in [0.717, 1.165) is 31.7 Å². The topological polar surface area (TPSA) is 135 Å². The number of likely N-dealkylation sites (tertiary alicyclic amines) is 1. The molecule has 2 fully saturated rings.